The Morgan fingerprint density at radius 3 is 1.89 bits per heavy atom. The van der Waals surface area contributed by atoms with Crippen LogP contribution in [-0.4, -0.2) is 262 Å². The first-order chi connectivity index (χ1) is 54.2. The van der Waals surface area contributed by atoms with E-state index in [4.69, 9.17) is 28.3 Å². The van der Waals surface area contributed by atoms with Gasteiger partial charge < -0.3 is 122 Å². The highest BCUT2D eigenvalue weighted by Crippen LogP contribution is 2.23. The third-order valence-electron chi connectivity index (χ3n) is 18.4. The first-order valence-corrected chi connectivity index (χ1v) is 37.7. The van der Waals surface area contributed by atoms with Crippen LogP contribution < -0.4 is 92.1 Å². The second kappa shape index (κ2) is 45.0. The summed E-state index contributed by atoms with van der Waals surface area (Å²) in [6, 6.07) is -9.08. The molecular weight excluding hydrogens is 1540 g/mol. The van der Waals surface area contributed by atoms with E-state index in [1.54, 1.807) is 30.5 Å². The Labute approximate surface area is 663 Å². The van der Waals surface area contributed by atoms with E-state index in [9.17, 15) is 92.3 Å². The molecule has 622 valence electrons. The number of hydrogen-bond acceptors (Lipinski definition) is 24. The van der Waals surface area contributed by atoms with E-state index in [-0.39, 0.29) is 120 Å². The predicted molar refractivity (Wildman–Crippen MR) is 410 cm³/mol. The van der Waals surface area contributed by atoms with Crippen LogP contribution in [-0.2, 0) is 97.7 Å². The maximum absolute atomic E-state index is 15.1. The smallest absolute Gasteiger partial charge is 0.326 e. The highest BCUT2D eigenvalue weighted by atomic mass is 32.1. The number of urea groups is 1. The molecule has 4 heterocycles. The molecule has 13 atom stereocenters. The van der Waals surface area contributed by atoms with Gasteiger partial charge in [0.1, 0.15) is 78.3 Å². The Kier molecular flexibility index (Phi) is 35.9. The lowest BCUT2D eigenvalue weighted by molar-refractivity contribution is -0.146. The number of aromatic amines is 1. The number of benzene rings is 2. The quantitative estimate of drug-likeness (QED) is 0.0114. The summed E-state index contributed by atoms with van der Waals surface area (Å²) in [6.45, 7) is -0.0531. The number of aromatic hydroxyl groups is 1. The summed E-state index contributed by atoms with van der Waals surface area (Å²) in [4.78, 5) is 227. The zero-order chi connectivity index (χ0) is 83.9. The van der Waals surface area contributed by atoms with Crippen molar-refractivity contribution in [3.8, 4) is 5.75 Å². The summed E-state index contributed by atoms with van der Waals surface area (Å²) in [5, 5.41) is 90.3. The van der Waals surface area contributed by atoms with E-state index in [0.29, 0.717) is 22.0 Å². The normalized spacial score (nSPS) is 22.5. The fraction of sp³-hybridized carbons (Fsp3) is 0.522. The maximum atomic E-state index is 15.1. The van der Waals surface area contributed by atoms with Crippen LogP contribution in [0.3, 0.4) is 0 Å². The number of para-hydroxylation sites is 1. The molecule has 15 amide bonds. The molecule has 6 rings (SSSR count). The lowest BCUT2D eigenvalue weighted by Gasteiger charge is -2.31. The van der Waals surface area contributed by atoms with Crippen LogP contribution in [0.2, 0.25) is 0 Å². The highest BCUT2D eigenvalue weighted by molar-refractivity contribution is 7.80. The molecule has 1 saturated heterocycles. The minimum absolute atomic E-state index is 0.00218. The predicted octanol–water partition coefficient (Wildman–Crippen LogP) is -7.26. The molecular formula is C69H99N23O20S2. The summed E-state index contributed by atoms with van der Waals surface area (Å²) < 4.78 is 1.27. The van der Waals surface area contributed by atoms with Gasteiger partial charge in [-0.15, -0.1) is 5.10 Å². The number of carbonyl (C=O) groups is 16. The molecule has 45 heteroatoms. The van der Waals surface area contributed by atoms with E-state index in [1.807, 2.05) is 0 Å². The Balaban J connectivity index is 1.46. The van der Waals surface area contributed by atoms with Gasteiger partial charge in [0, 0.05) is 80.2 Å². The van der Waals surface area contributed by atoms with Crippen molar-refractivity contribution in [1.82, 2.24) is 94.0 Å². The largest absolute Gasteiger partial charge is 0.508 e. The lowest BCUT2D eigenvalue weighted by atomic mass is 10.0. The zero-order valence-corrected chi connectivity index (χ0v) is 63.9. The molecule has 2 aromatic heterocycles. The number of phenols is 1. The summed E-state index contributed by atoms with van der Waals surface area (Å²) in [7, 11) is 0. The van der Waals surface area contributed by atoms with Crippen LogP contribution >= 0.6 is 25.3 Å². The average molecular weight is 1630 g/mol. The number of rotatable bonds is 27. The van der Waals surface area contributed by atoms with Gasteiger partial charge in [0.25, 0.3) is 0 Å². The standard InChI is InChI=1S/C69H99N23O20S2/c1-34(93)55-65(108)85-47(28-54(97)98)66(109)92-25-7-13-51(92)64(107)83-42(10-4-22-75-68(72)73)58(101)87-50(33-114)63(106)80-41(11-5-23-76-69(74)112)56(99)84-46(27-36-30-77-40-9-3-2-8-39(36)40)61(104)81-45(20-21-52(71)95)59(102)79-43(57(100)86-48(67(110)111)26-35-14-17-38(94)18-15-35)12-6-24-91-31-37(89-90-91)16-19-44(60(103)88-55)82-62(105)49(32-113)78-53(96)29-70/h2-3,8-9,14-15,17-18,30-31,34,41-51,55,77,93-94,113-114H,4-7,10-13,16,19-29,32-33,70H2,1H3,(H2,71,95)(H,78,96)(H,79,102)(H,80,106)(H,81,104)(H,82,105)(H,83,107)(H,84,99)(H,85,108)(H,86,100)(H,87,101)(H,88,103)(H,97,98)(H,110,111)(H4,72,73,75)(H3,74,76,112)/t34-,41+,42+,43-,44+,45+,46?,47+,48+,49+,50+,51+,55+/m1/s1. The van der Waals surface area contributed by atoms with Crippen LogP contribution in [0.5, 0.6) is 5.75 Å². The minimum Gasteiger partial charge on any atom is -0.508 e. The van der Waals surface area contributed by atoms with Gasteiger partial charge in [-0.1, -0.05) is 35.5 Å². The number of thiol groups is 2. The van der Waals surface area contributed by atoms with Crippen molar-refractivity contribution in [2.24, 2.45) is 22.9 Å². The number of nitrogens with zero attached hydrogens (tertiary/aromatic N) is 4. The first-order valence-electron chi connectivity index (χ1n) is 36.5. The van der Waals surface area contributed by atoms with E-state index in [1.165, 1.54) is 35.1 Å². The third-order valence-corrected chi connectivity index (χ3v) is 19.1. The molecule has 2 aliphatic rings. The number of nitrogens with one attached hydrogen (secondary N) is 15. The maximum Gasteiger partial charge on any atom is 0.326 e. The molecule has 2 aliphatic heterocycles. The first kappa shape index (κ1) is 91.0. The lowest BCUT2D eigenvalue weighted by Crippen LogP contribution is -2.62. The number of nitrogens with two attached hydrogens (primary N) is 4. The fourth-order valence-electron chi connectivity index (χ4n) is 12.4. The van der Waals surface area contributed by atoms with Crippen molar-refractivity contribution in [1.29, 1.82) is 5.41 Å². The van der Waals surface area contributed by atoms with Crippen LogP contribution in [0.15, 0.2) is 60.9 Å². The number of aliphatic carboxylic acids is 2. The Bertz CT molecular complexity index is 4110. The molecule has 2 bridgehead atoms. The van der Waals surface area contributed by atoms with Crippen LogP contribution in [0.1, 0.15) is 101 Å². The number of H-pyrrole nitrogens is 1. The SMILES string of the molecule is C[C@@H](O)[C@@H]1NC(=O)[C@@H](NC(=O)[C@H](CS)NC(=O)CN)CCc2cn(nn2)CCC[C@H](C(=O)N[C@@H](Cc2ccc(O)cc2)C(=O)O)NC(=O)[C@H](CCC(N)=O)NC(=O)C(Cc2c[nH]c3ccccc23)NC(=O)[C@H](CCCNC(N)=O)NC(=O)[C@H](CS)NC(=O)[C@H](CCCNC(=N)N)NC(=O)[C@@H]2CCCN2C(=O)[C@H](CC(=O)O)NC1=O. The molecule has 2 aromatic carbocycles. The summed E-state index contributed by atoms with van der Waals surface area (Å²) in [6.07, 6.45) is -3.54. The number of fused-ring (bicyclic) bond motifs is 4. The molecule has 0 radical (unpaired) electrons. The summed E-state index contributed by atoms with van der Waals surface area (Å²) in [5.41, 5.74) is 23.4. The van der Waals surface area contributed by atoms with Crippen molar-refractivity contribution in [2.75, 3.05) is 37.7 Å². The number of amides is 15. The van der Waals surface area contributed by atoms with Gasteiger partial charge in [-0.2, -0.15) is 25.3 Å². The van der Waals surface area contributed by atoms with Crippen molar-refractivity contribution >= 4 is 137 Å². The van der Waals surface area contributed by atoms with Crippen LogP contribution in [0, 0.1) is 5.41 Å². The monoisotopic (exact) mass is 1630 g/mol. The minimum atomic E-state index is -2.03. The average Bonchev–Trinajstić information content (AvgIpc) is 1.65. The number of primary amides is 2. The number of aryl methyl sites for hydroxylation is 2. The van der Waals surface area contributed by atoms with Crippen LogP contribution in [0.25, 0.3) is 10.9 Å². The van der Waals surface area contributed by atoms with E-state index < -0.39 is 211 Å². The fourth-order valence-corrected chi connectivity index (χ4v) is 12.9. The van der Waals surface area contributed by atoms with Gasteiger partial charge in [-0.25, -0.2) is 9.59 Å². The molecule has 1 fully saturated rings. The molecule has 0 aliphatic carbocycles. The number of aliphatic hydroxyl groups is 1. The van der Waals surface area contributed by atoms with Gasteiger partial charge in [0.2, 0.25) is 76.8 Å². The van der Waals surface area contributed by atoms with Gasteiger partial charge in [0.15, 0.2) is 5.96 Å². The number of aromatic nitrogens is 4. The number of carboxylic acids is 2. The molecule has 27 N–H and O–H groups in total. The second-order valence-corrected chi connectivity index (χ2v) is 27.8. The Morgan fingerprint density at radius 2 is 1.27 bits per heavy atom. The van der Waals surface area contributed by atoms with E-state index in [2.05, 4.69) is 110 Å². The molecule has 0 spiro atoms. The van der Waals surface area contributed by atoms with Gasteiger partial charge >= 0.3 is 18.0 Å². The summed E-state index contributed by atoms with van der Waals surface area (Å²) in [5.74, 6) is -18.5. The number of phenolic OH excluding ortho intramolecular Hbond substituents is 1. The second-order valence-electron chi connectivity index (χ2n) is 27.1. The van der Waals surface area contributed by atoms with E-state index in [0.717, 1.165) is 11.8 Å². The topological polar surface area (TPSA) is 688 Å². The number of carbonyl (C=O) groups excluding carboxylic acids is 14. The molecule has 43 nitrogen and oxygen atoms in total. The van der Waals surface area contributed by atoms with Gasteiger partial charge in [-0.3, -0.25) is 77.2 Å². The molecule has 0 saturated carbocycles. The van der Waals surface area contributed by atoms with Crippen molar-refractivity contribution in [2.45, 2.75) is 188 Å². The van der Waals surface area contributed by atoms with Gasteiger partial charge in [-0.05, 0) is 107 Å². The molecule has 4 aromatic rings. The van der Waals surface area contributed by atoms with Crippen LogP contribution in [0.4, 0.5) is 4.79 Å². The van der Waals surface area contributed by atoms with Gasteiger partial charge in [0.05, 0.1) is 24.8 Å². The highest BCUT2D eigenvalue weighted by Gasteiger charge is 2.43. The number of carboxylic acid groups (broad SMARTS) is 2. The Morgan fingerprint density at radius 1 is 0.675 bits per heavy atom. The third kappa shape index (κ3) is 28.7. The van der Waals surface area contributed by atoms with Crippen molar-refractivity contribution in [3.63, 3.8) is 0 Å². The van der Waals surface area contributed by atoms with E-state index >= 15 is 4.79 Å². The molecule has 114 heavy (non-hydrogen) atoms. The molecule has 1 unspecified atom stereocenters. The van der Waals surface area contributed by atoms with Crippen molar-refractivity contribution < 1.29 is 97.1 Å². The Hall–Kier alpha value is -11.9. The number of hydrogen-bond donors (Lipinski definition) is 25. The summed E-state index contributed by atoms with van der Waals surface area (Å²) >= 11 is 8.49. The zero-order valence-electron chi connectivity index (χ0n) is 62.1. The van der Waals surface area contributed by atoms with Crippen molar-refractivity contribution in [3.05, 3.63) is 77.7 Å². The number of guanidine groups is 1. The number of aliphatic hydroxyl groups excluding tert-OH is 1.